The number of benzene rings is 1. The molecule has 5 heteroatoms. The Morgan fingerprint density at radius 1 is 1.56 bits per heavy atom. The van der Waals surface area contributed by atoms with Gasteiger partial charge in [0, 0.05) is 13.6 Å². The highest BCUT2D eigenvalue weighted by atomic mass is 16.5. The summed E-state index contributed by atoms with van der Waals surface area (Å²) < 4.78 is 5.86. The molecule has 1 aliphatic rings. The zero-order valence-electron chi connectivity index (χ0n) is 10.8. The fourth-order valence-electron chi connectivity index (χ4n) is 2.23. The average molecular weight is 250 g/mol. The van der Waals surface area contributed by atoms with E-state index in [-0.39, 0.29) is 17.7 Å². The van der Waals surface area contributed by atoms with Gasteiger partial charge in [0.25, 0.3) is 0 Å². The molecule has 98 valence electrons. The number of para-hydroxylation sites is 1. The number of nitrogens with zero attached hydrogens (tertiary/aromatic N) is 1. The predicted octanol–water partition coefficient (Wildman–Crippen LogP) is 1.19. The zero-order valence-corrected chi connectivity index (χ0v) is 10.8. The Morgan fingerprint density at radius 3 is 2.89 bits per heavy atom. The minimum absolute atomic E-state index is 0.0620. The van der Waals surface area contributed by atoms with Gasteiger partial charge in [0.2, 0.25) is 0 Å². The molecule has 2 N–H and O–H groups in total. The average Bonchev–Trinajstić information content (AvgIpc) is 2.35. The molecular weight excluding hydrogens is 232 g/mol. The maximum absolute atomic E-state index is 11.2. The van der Waals surface area contributed by atoms with Crippen LogP contribution in [0, 0.1) is 0 Å². The van der Waals surface area contributed by atoms with Crippen molar-refractivity contribution in [3.05, 3.63) is 23.8 Å². The van der Waals surface area contributed by atoms with Gasteiger partial charge in [0.15, 0.2) is 5.75 Å². The smallest absolute Gasteiger partial charge is 0.339 e. The standard InChI is InChI=1S/C13H18N2O3/c1-8-11(7-14-2)18-12-9(13(16)17)5-4-6-10(12)15(8)3/h4-6,8,11,14H,7H2,1-3H3,(H,16,17). The summed E-state index contributed by atoms with van der Waals surface area (Å²) in [5, 5.41) is 12.3. The van der Waals surface area contributed by atoms with Crippen molar-refractivity contribution in [2.75, 3.05) is 25.5 Å². The lowest BCUT2D eigenvalue weighted by atomic mass is 10.0. The lowest BCUT2D eigenvalue weighted by Crippen LogP contribution is -2.50. The van der Waals surface area contributed by atoms with Crippen molar-refractivity contribution < 1.29 is 14.6 Å². The second-order valence-electron chi connectivity index (χ2n) is 4.52. The summed E-state index contributed by atoms with van der Waals surface area (Å²) in [6.07, 6.45) is -0.0620. The van der Waals surface area contributed by atoms with Gasteiger partial charge in [-0.3, -0.25) is 0 Å². The summed E-state index contributed by atoms with van der Waals surface area (Å²) in [4.78, 5) is 13.3. The molecule has 1 aromatic rings. The van der Waals surface area contributed by atoms with E-state index in [4.69, 9.17) is 4.74 Å². The molecular formula is C13H18N2O3. The van der Waals surface area contributed by atoms with Crippen LogP contribution in [0.3, 0.4) is 0 Å². The molecule has 0 bridgehead atoms. The highest BCUT2D eigenvalue weighted by Gasteiger charge is 2.32. The van der Waals surface area contributed by atoms with Gasteiger partial charge >= 0.3 is 5.97 Å². The summed E-state index contributed by atoms with van der Waals surface area (Å²) in [7, 11) is 3.81. The van der Waals surface area contributed by atoms with Crippen LogP contribution >= 0.6 is 0 Å². The van der Waals surface area contributed by atoms with Gasteiger partial charge in [0.1, 0.15) is 11.7 Å². The molecule has 18 heavy (non-hydrogen) atoms. The maximum atomic E-state index is 11.2. The van der Waals surface area contributed by atoms with E-state index in [1.807, 2.05) is 20.2 Å². The number of ether oxygens (including phenoxy) is 1. The number of anilines is 1. The molecule has 0 aromatic heterocycles. The number of carboxylic acid groups (broad SMARTS) is 1. The first-order valence-corrected chi connectivity index (χ1v) is 5.96. The van der Waals surface area contributed by atoms with Crippen LogP contribution < -0.4 is 15.0 Å². The first-order valence-electron chi connectivity index (χ1n) is 5.96. The number of aromatic carboxylic acids is 1. The van der Waals surface area contributed by atoms with Crippen molar-refractivity contribution in [2.24, 2.45) is 0 Å². The van der Waals surface area contributed by atoms with Gasteiger partial charge in [-0.25, -0.2) is 4.79 Å². The third-order valence-electron chi connectivity index (χ3n) is 3.43. The molecule has 2 atom stereocenters. The largest absolute Gasteiger partial charge is 0.484 e. The summed E-state index contributed by atoms with van der Waals surface area (Å²) >= 11 is 0. The van der Waals surface area contributed by atoms with Gasteiger partial charge in [-0.05, 0) is 26.1 Å². The summed E-state index contributed by atoms with van der Waals surface area (Å²) in [5.74, 6) is -0.496. The number of hydrogen-bond donors (Lipinski definition) is 2. The SMILES string of the molecule is CNCC1Oc2c(C(=O)O)cccc2N(C)C1C. The molecule has 0 aliphatic carbocycles. The van der Waals surface area contributed by atoms with Gasteiger partial charge < -0.3 is 20.1 Å². The zero-order chi connectivity index (χ0) is 13.3. The fraction of sp³-hybridized carbons (Fsp3) is 0.462. The molecule has 0 fully saturated rings. The monoisotopic (exact) mass is 250 g/mol. The number of rotatable bonds is 3. The van der Waals surface area contributed by atoms with Crippen LogP contribution in [0.15, 0.2) is 18.2 Å². The lowest BCUT2D eigenvalue weighted by Gasteiger charge is -2.40. The molecule has 1 aliphatic heterocycles. The van der Waals surface area contributed by atoms with Crippen LogP contribution in [0.25, 0.3) is 0 Å². The highest BCUT2D eigenvalue weighted by molar-refractivity contribution is 5.93. The van der Waals surface area contributed by atoms with E-state index < -0.39 is 5.97 Å². The number of fused-ring (bicyclic) bond motifs is 1. The quantitative estimate of drug-likeness (QED) is 0.843. The highest BCUT2D eigenvalue weighted by Crippen LogP contribution is 2.37. The van der Waals surface area contributed by atoms with E-state index in [2.05, 4.69) is 17.1 Å². The molecule has 2 rings (SSSR count). The minimum Gasteiger partial charge on any atom is -0.484 e. The fourth-order valence-corrected chi connectivity index (χ4v) is 2.23. The second kappa shape index (κ2) is 4.86. The third-order valence-corrected chi connectivity index (χ3v) is 3.43. The Balaban J connectivity index is 2.45. The van der Waals surface area contributed by atoms with E-state index in [0.29, 0.717) is 12.3 Å². The van der Waals surface area contributed by atoms with Crippen molar-refractivity contribution in [1.29, 1.82) is 0 Å². The number of carboxylic acids is 1. The predicted molar refractivity (Wildman–Crippen MR) is 69.6 cm³/mol. The van der Waals surface area contributed by atoms with Gasteiger partial charge in [-0.15, -0.1) is 0 Å². The Bertz CT molecular complexity index is 462. The van der Waals surface area contributed by atoms with E-state index in [9.17, 15) is 9.90 Å². The van der Waals surface area contributed by atoms with E-state index in [0.717, 1.165) is 5.69 Å². The van der Waals surface area contributed by atoms with Crippen LogP contribution in [0.1, 0.15) is 17.3 Å². The number of likely N-dealkylation sites (N-methyl/N-ethyl adjacent to an activating group) is 2. The molecule has 0 saturated carbocycles. The molecule has 0 amide bonds. The second-order valence-corrected chi connectivity index (χ2v) is 4.52. The van der Waals surface area contributed by atoms with Crippen LogP contribution in [0.5, 0.6) is 5.75 Å². The lowest BCUT2D eigenvalue weighted by molar-refractivity contribution is 0.0685. The molecule has 2 unspecified atom stereocenters. The van der Waals surface area contributed by atoms with Crippen LogP contribution in [-0.2, 0) is 0 Å². The third kappa shape index (κ3) is 2.01. The first kappa shape index (κ1) is 12.7. The number of nitrogens with one attached hydrogen (secondary N) is 1. The number of hydrogen-bond acceptors (Lipinski definition) is 4. The van der Waals surface area contributed by atoms with Gasteiger partial charge in [-0.2, -0.15) is 0 Å². The Labute approximate surface area is 106 Å². The van der Waals surface area contributed by atoms with Crippen LogP contribution in [0.4, 0.5) is 5.69 Å². The molecule has 1 aromatic carbocycles. The van der Waals surface area contributed by atoms with Gasteiger partial charge in [0.05, 0.1) is 11.7 Å². The van der Waals surface area contributed by atoms with Crippen LogP contribution in [-0.4, -0.2) is 43.9 Å². The normalized spacial score (nSPS) is 22.3. The summed E-state index contributed by atoms with van der Waals surface area (Å²) in [6, 6.07) is 5.39. The molecule has 0 saturated heterocycles. The molecule has 0 spiro atoms. The molecule has 5 nitrogen and oxygen atoms in total. The maximum Gasteiger partial charge on any atom is 0.339 e. The van der Waals surface area contributed by atoms with Gasteiger partial charge in [-0.1, -0.05) is 6.07 Å². The summed E-state index contributed by atoms with van der Waals surface area (Å²) in [6.45, 7) is 2.75. The van der Waals surface area contributed by atoms with Crippen molar-refractivity contribution in [1.82, 2.24) is 5.32 Å². The van der Waals surface area contributed by atoms with E-state index >= 15 is 0 Å². The van der Waals surface area contributed by atoms with Crippen LogP contribution in [0.2, 0.25) is 0 Å². The molecule has 1 heterocycles. The van der Waals surface area contributed by atoms with Crippen molar-refractivity contribution in [3.8, 4) is 5.75 Å². The first-order chi connectivity index (χ1) is 8.56. The Morgan fingerprint density at radius 2 is 2.28 bits per heavy atom. The Hall–Kier alpha value is -1.75. The molecule has 0 radical (unpaired) electrons. The van der Waals surface area contributed by atoms with Crippen molar-refractivity contribution in [3.63, 3.8) is 0 Å². The van der Waals surface area contributed by atoms with E-state index in [1.165, 1.54) is 0 Å². The summed E-state index contributed by atoms with van der Waals surface area (Å²) in [5.41, 5.74) is 1.04. The minimum atomic E-state index is -0.960. The Kier molecular flexibility index (Phi) is 3.43. The number of carbonyl (C=O) groups is 1. The van der Waals surface area contributed by atoms with Crippen molar-refractivity contribution in [2.45, 2.75) is 19.1 Å². The van der Waals surface area contributed by atoms with E-state index in [1.54, 1.807) is 12.1 Å². The topological polar surface area (TPSA) is 61.8 Å². The van der Waals surface area contributed by atoms with Crippen molar-refractivity contribution >= 4 is 11.7 Å².